The maximum absolute atomic E-state index is 12.7. The predicted molar refractivity (Wildman–Crippen MR) is 105 cm³/mol. The van der Waals surface area contributed by atoms with Crippen LogP contribution in [0.1, 0.15) is 12.1 Å². The van der Waals surface area contributed by atoms with Crippen LogP contribution in [0, 0.1) is 30.6 Å². The standard InChI is InChI=1S/C20H20N4O5S/c1-11-8-9-21-20(22-11)24-30(28,29)15-6-4-14(5-7-15)23-18(25)16-12-2-3-13(10-12)17(16)19(26)27/h2-9,12-13,16-17H,10H2,1H3,(H,23,25)(H,26,27)(H,21,22,24)/p-1/t12-,13-,16+,17-/m0/s1. The topological polar surface area (TPSA) is 141 Å². The summed E-state index contributed by atoms with van der Waals surface area (Å²) in [6, 6.07) is 7.21. The first-order valence-corrected chi connectivity index (χ1v) is 10.9. The Bertz CT molecular complexity index is 1130. The molecule has 2 bridgehead atoms. The highest BCUT2D eigenvalue weighted by molar-refractivity contribution is 7.92. The largest absolute Gasteiger partial charge is 0.550 e. The van der Waals surface area contributed by atoms with Crippen LogP contribution in [0.3, 0.4) is 0 Å². The molecular weight excluding hydrogens is 408 g/mol. The SMILES string of the molecule is Cc1ccnc(NS(=O)(=O)c2ccc(NC(=O)[C@H]3[C@@H](C(=O)[O-])[C@H]4C=C[C@H]3C4)cc2)n1. The number of aliphatic carboxylic acids is 1. The number of nitrogens with zero attached hydrogens (tertiary/aromatic N) is 2. The predicted octanol–water partition coefficient (Wildman–Crippen LogP) is 0.713. The second-order valence-electron chi connectivity index (χ2n) is 7.46. The number of hydrogen-bond acceptors (Lipinski definition) is 7. The number of amides is 1. The summed E-state index contributed by atoms with van der Waals surface area (Å²) in [5, 5.41) is 14.2. The summed E-state index contributed by atoms with van der Waals surface area (Å²) in [7, 11) is -3.90. The molecule has 2 aromatic rings. The highest BCUT2D eigenvalue weighted by Crippen LogP contribution is 2.48. The van der Waals surface area contributed by atoms with Crippen LogP contribution in [0.4, 0.5) is 11.6 Å². The van der Waals surface area contributed by atoms with E-state index in [-0.39, 0.29) is 22.7 Å². The summed E-state index contributed by atoms with van der Waals surface area (Å²) >= 11 is 0. The highest BCUT2D eigenvalue weighted by atomic mass is 32.2. The van der Waals surface area contributed by atoms with E-state index in [1.165, 1.54) is 30.5 Å². The van der Waals surface area contributed by atoms with Crippen molar-refractivity contribution in [2.75, 3.05) is 10.0 Å². The van der Waals surface area contributed by atoms with Crippen molar-refractivity contribution >= 4 is 33.5 Å². The van der Waals surface area contributed by atoms with Crippen molar-refractivity contribution in [3.63, 3.8) is 0 Å². The van der Waals surface area contributed by atoms with Gasteiger partial charge in [-0.25, -0.2) is 23.1 Å². The summed E-state index contributed by atoms with van der Waals surface area (Å²) < 4.78 is 27.3. The Kier molecular flexibility index (Phi) is 5.02. The fourth-order valence-corrected chi connectivity index (χ4v) is 5.07. The molecule has 2 N–H and O–H groups in total. The van der Waals surface area contributed by atoms with Gasteiger partial charge >= 0.3 is 0 Å². The van der Waals surface area contributed by atoms with E-state index in [0.29, 0.717) is 17.8 Å². The van der Waals surface area contributed by atoms with Gasteiger partial charge in [-0.1, -0.05) is 12.2 Å². The second-order valence-corrected chi connectivity index (χ2v) is 9.14. The minimum absolute atomic E-state index is 0.0268. The number of carbonyl (C=O) groups excluding carboxylic acids is 2. The summed E-state index contributed by atoms with van der Waals surface area (Å²) in [4.78, 5) is 32.0. The van der Waals surface area contributed by atoms with Crippen LogP contribution in [0.5, 0.6) is 0 Å². The van der Waals surface area contributed by atoms with Gasteiger partial charge in [0.15, 0.2) is 0 Å². The van der Waals surface area contributed by atoms with E-state index in [9.17, 15) is 23.1 Å². The molecule has 4 rings (SSSR count). The Hall–Kier alpha value is -3.27. The molecule has 1 saturated carbocycles. The molecule has 30 heavy (non-hydrogen) atoms. The minimum Gasteiger partial charge on any atom is -0.550 e. The van der Waals surface area contributed by atoms with E-state index in [2.05, 4.69) is 20.0 Å². The number of aromatic nitrogens is 2. The van der Waals surface area contributed by atoms with Crippen molar-refractivity contribution < 1.29 is 23.1 Å². The van der Waals surface area contributed by atoms with E-state index < -0.39 is 33.7 Å². The number of rotatable bonds is 6. The highest BCUT2D eigenvalue weighted by Gasteiger charge is 2.48. The van der Waals surface area contributed by atoms with Crippen molar-refractivity contribution in [3.8, 4) is 0 Å². The first kappa shape index (κ1) is 20.0. The lowest BCUT2D eigenvalue weighted by Gasteiger charge is -2.27. The molecule has 1 amide bonds. The number of anilines is 2. The molecule has 0 unspecified atom stereocenters. The molecule has 2 aliphatic rings. The second kappa shape index (κ2) is 7.52. The average molecular weight is 427 g/mol. The number of carboxylic acid groups (broad SMARTS) is 1. The van der Waals surface area contributed by atoms with Crippen LogP contribution in [-0.2, 0) is 19.6 Å². The van der Waals surface area contributed by atoms with Gasteiger partial charge in [0.05, 0.1) is 10.8 Å². The van der Waals surface area contributed by atoms with Gasteiger partial charge in [0.1, 0.15) is 0 Å². The maximum Gasteiger partial charge on any atom is 0.264 e. The molecule has 1 aromatic heterocycles. The van der Waals surface area contributed by atoms with E-state index in [1.807, 2.05) is 12.2 Å². The Balaban J connectivity index is 1.46. The smallest absolute Gasteiger partial charge is 0.264 e. The molecule has 1 aromatic carbocycles. The van der Waals surface area contributed by atoms with Crippen LogP contribution >= 0.6 is 0 Å². The number of hydrogen-bond donors (Lipinski definition) is 2. The molecule has 0 saturated heterocycles. The third-order valence-corrected chi connectivity index (χ3v) is 6.83. The van der Waals surface area contributed by atoms with Gasteiger partial charge in [-0.2, -0.15) is 0 Å². The van der Waals surface area contributed by atoms with Crippen molar-refractivity contribution in [1.29, 1.82) is 0 Å². The fourth-order valence-electron chi connectivity index (χ4n) is 4.12. The number of carbonyl (C=O) groups is 2. The fraction of sp³-hybridized carbons (Fsp3) is 0.300. The molecule has 2 aliphatic carbocycles. The summed E-state index contributed by atoms with van der Waals surface area (Å²) in [5.74, 6) is -3.54. The quantitative estimate of drug-likeness (QED) is 0.647. The lowest BCUT2D eigenvalue weighted by Crippen LogP contribution is -2.42. The van der Waals surface area contributed by atoms with Gasteiger partial charge in [-0.05, 0) is 55.5 Å². The third-order valence-electron chi connectivity index (χ3n) is 5.49. The molecule has 0 spiro atoms. The molecular formula is C20H19N4O5S-. The lowest BCUT2D eigenvalue weighted by atomic mass is 9.82. The van der Waals surface area contributed by atoms with Crippen molar-refractivity contribution in [2.24, 2.45) is 23.7 Å². The van der Waals surface area contributed by atoms with Gasteiger partial charge < -0.3 is 15.2 Å². The van der Waals surface area contributed by atoms with Crippen molar-refractivity contribution in [3.05, 3.63) is 54.4 Å². The summed E-state index contributed by atoms with van der Waals surface area (Å²) in [5.41, 5.74) is 0.987. The number of allylic oxidation sites excluding steroid dienone is 2. The number of nitrogens with one attached hydrogen (secondary N) is 2. The van der Waals surface area contributed by atoms with Gasteiger partial charge in [0.2, 0.25) is 11.9 Å². The Morgan fingerprint density at radius 3 is 2.37 bits per heavy atom. The summed E-state index contributed by atoms with van der Waals surface area (Å²) in [6.07, 6.45) is 5.78. The Morgan fingerprint density at radius 1 is 1.07 bits per heavy atom. The molecule has 156 valence electrons. The van der Waals surface area contributed by atoms with Gasteiger partial charge in [0.25, 0.3) is 10.0 Å². The van der Waals surface area contributed by atoms with Crippen molar-refractivity contribution in [2.45, 2.75) is 18.2 Å². The van der Waals surface area contributed by atoms with E-state index in [0.717, 1.165) is 0 Å². The van der Waals surface area contributed by atoms with Crippen LogP contribution < -0.4 is 15.1 Å². The number of carboxylic acids is 1. The van der Waals surface area contributed by atoms with Gasteiger partial charge in [-0.3, -0.25) is 4.79 Å². The minimum atomic E-state index is -3.90. The normalized spacial score (nSPS) is 24.6. The lowest BCUT2D eigenvalue weighted by molar-refractivity contribution is -0.313. The third kappa shape index (κ3) is 3.78. The number of fused-ring (bicyclic) bond motifs is 2. The zero-order chi connectivity index (χ0) is 21.5. The number of benzene rings is 1. The molecule has 0 aliphatic heterocycles. The molecule has 4 atom stereocenters. The average Bonchev–Trinajstić information content (AvgIpc) is 3.29. The molecule has 0 radical (unpaired) electrons. The Labute approximate surface area is 173 Å². The molecule has 1 heterocycles. The van der Waals surface area contributed by atoms with E-state index >= 15 is 0 Å². The monoisotopic (exact) mass is 427 g/mol. The number of sulfonamides is 1. The zero-order valence-corrected chi connectivity index (χ0v) is 16.8. The van der Waals surface area contributed by atoms with Crippen LogP contribution in [0.25, 0.3) is 0 Å². The van der Waals surface area contributed by atoms with Gasteiger partial charge in [0, 0.05) is 29.5 Å². The molecule has 9 nitrogen and oxygen atoms in total. The first-order valence-electron chi connectivity index (χ1n) is 9.37. The van der Waals surface area contributed by atoms with Crippen molar-refractivity contribution in [1.82, 2.24) is 9.97 Å². The van der Waals surface area contributed by atoms with Crippen LogP contribution in [0.2, 0.25) is 0 Å². The summed E-state index contributed by atoms with van der Waals surface area (Å²) in [6.45, 7) is 1.72. The van der Waals surface area contributed by atoms with Gasteiger partial charge in [-0.15, -0.1) is 0 Å². The first-order chi connectivity index (χ1) is 14.2. The zero-order valence-electron chi connectivity index (χ0n) is 16.0. The maximum atomic E-state index is 12.7. The molecule has 1 fully saturated rings. The number of aryl methyl sites for hydroxylation is 1. The van der Waals surface area contributed by atoms with Crippen LogP contribution in [0.15, 0.2) is 53.6 Å². The van der Waals surface area contributed by atoms with Crippen LogP contribution in [-0.4, -0.2) is 30.3 Å². The molecule has 10 heteroatoms. The Morgan fingerprint density at radius 2 is 1.73 bits per heavy atom. The van der Waals surface area contributed by atoms with E-state index in [4.69, 9.17) is 0 Å². The van der Waals surface area contributed by atoms with E-state index in [1.54, 1.807) is 13.0 Å².